The first-order valence-corrected chi connectivity index (χ1v) is 5.90. The number of hydrogen-bond acceptors (Lipinski definition) is 3. The van der Waals surface area contributed by atoms with Gasteiger partial charge in [0.15, 0.2) is 0 Å². The molecule has 0 bridgehead atoms. The van der Waals surface area contributed by atoms with Gasteiger partial charge in [0.2, 0.25) is 5.91 Å². The number of benzene rings is 1. The highest BCUT2D eigenvalue weighted by molar-refractivity contribution is 9.10. The summed E-state index contributed by atoms with van der Waals surface area (Å²) in [6, 6.07) is 7.34. The molecule has 2 rings (SSSR count). The molecular weight excluding hydrogens is 284 g/mol. The molecule has 1 amide bonds. The normalized spacial score (nSPS) is 10.2. The summed E-state index contributed by atoms with van der Waals surface area (Å²) < 4.78 is 5.63. The van der Waals surface area contributed by atoms with E-state index in [1.807, 2.05) is 25.1 Å². The van der Waals surface area contributed by atoms with Crippen LogP contribution in [0.1, 0.15) is 11.3 Å². The van der Waals surface area contributed by atoms with Crippen molar-refractivity contribution >= 4 is 27.5 Å². The lowest BCUT2D eigenvalue weighted by Gasteiger charge is -2.05. The van der Waals surface area contributed by atoms with Gasteiger partial charge in [0.05, 0.1) is 12.1 Å². The van der Waals surface area contributed by atoms with Crippen LogP contribution in [0.15, 0.2) is 39.5 Å². The maximum absolute atomic E-state index is 11.7. The van der Waals surface area contributed by atoms with Crippen molar-refractivity contribution in [2.75, 3.05) is 5.32 Å². The molecule has 0 saturated heterocycles. The smallest absolute Gasteiger partial charge is 0.230 e. The SMILES string of the molecule is Cc1ccc(NC(=O)Cc2ccon2)cc1Br. The van der Waals surface area contributed by atoms with Gasteiger partial charge in [-0.2, -0.15) is 0 Å². The van der Waals surface area contributed by atoms with Crippen molar-refractivity contribution < 1.29 is 9.32 Å². The number of carbonyl (C=O) groups is 1. The number of rotatable bonds is 3. The van der Waals surface area contributed by atoms with Crippen molar-refractivity contribution in [1.82, 2.24) is 5.16 Å². The first-order chi connectivity index (χ1) is 8.15. The first-order valence-electron chi connectivity index (χ1n) is 5.10. The van der Waals surface area contributed by atoms with Crippen LogP contribution in [0.4, 0.5) is 5.69 Å². The van der Waals surface area contributed by atoms with Crippen LogP contribution >= 0.6 is 15.9 Å². The minimum atomic E-state index is -0.116. The lowest BCUT2D eigenvalue weighted by molar-refractivity contribution is -0.115. The fourth-order valence-corrected chi connectivity index (χ4v) is 1.75. The molecule has 0 atom stereocenters. The summed E-state index contributed by atoms with van der Waals surface area (Å²) in [5, 5.41) is 6.48. The number of nitrogens with one attached hydrogen (secondary N) is 1. The van der Waals surface area contributed by atoms with Gasteiger partial charge in [-0.3, -0.25) is 4.79 Å². The van der Waals surface area contributed by atoms with E-state index < -0.39 is 0 Å². The second kappa shape index (κ2) is 5.14. The van der Waals surface area contributed by atoms with Crippen LogP contribution in [0, 0.1) is 6.92 Å². The number of halogens is 1. The van der Waals surface area contributed by atoms with Gasteiger partial charge in [0, 0.05) is 16.2 Å². The Morgan fingerprint density at radius 2 is 2.29 bits per heavy atom. The largest absolute Gasteiger partial charge is 0.364 e. The Morgan fingerprint density at radius 3 is 2.94 bits per heavy atom. The molecule has 1 aromatic heterocycles. The molecule has 4 nitrogen and oxygen atoms in total. The van der Waals surface area contributed by atoms with Crippen LogP contribution in [-0.4, -0.2) is 11.1 Å². The Morgan fingerprint density at radius 1 is 1.47 bits per heavy atom. The van der Waals surface area contributed by atoms with Crippen molar-refractivity contribution in [3.8, 4) is 0 Å². The lowest BCUT2D eigenvalue weighted by Crippen LogP contribution is -2.14. The minimum absolute atomic E-state index is 0.116. The number of hydrogen-bond donors (Lipinski definition) is 1. The van der Waals surface area contributed by atoms with E-state index >= 15 is 0 Å². The molecule has 0 radical (unpaired) electrons. The standard InChI is InChI=1S/C12H11BrN2O2/c1-8-2-3-9(6-11(8)13)14-12(16)7-10-4-5-17-15-10/h2-6H,7H2,1H3,(H,14,16). The Labute approximate surface area is 107 Å². The molecule has 5 heteroatoms. The fraction of sp³-hybridized carbons (Fsp3) is 0.167. The molecule has 1 N–H and O–H groups in total. The van der Waals surface area contributed by atoms with Gasteiger partial charge in [0.1, 0.15) is 6.26 Å². The van der Waals surface area contributed by atoms with E-state index in [0.29, 0.717) is 5.69 Å². The molecule has 2 aromatic rings. The second-order valence-corrected chi connectivity index (χ2v) is 4.53. The van der Waals surface area contributed by atoms with E-state index in [9.17, 15) is 4.79 Å². The zero-order valence-electron chi connectivity index (χ0n) is 9.24. The van der Waals surface area contributed by atoms with Gasteiger partial charge in [-0.15, -0.1) is 0 Å². The van der Waals surface area contributed by atoms with Gasteiger partial charge < -0.3 is 9.84 Å². The molecule has 0 aliphatic rings. The van der Waals surface area contributed by atoms with Gasteiger partial charge in [-0.1, -0.05) is 27.2 Å². The maximum atomic E-state index is 11.7. The van der Waals surface area contributed by atoms with Gasteiger partial charge in [0.25, 0.3) is 0 Å². The van der Waals surface area contributed by atoms with E-state index in [1.165, 1.54) is 6.26 Å². The van der Waals surface area contributed by atoms with Crippen molar-refractivity contribution in [2.24, 2.45) is 0 Å². The molecule has 17 heavy (non-hydrogen) atoms. The third-order valence-electron chi connectivity index (χ3n) is 2.29. The maximum Gasteiger partial charge on any atom is 0.230 e. The van der Waals surface area contributed by atoms with Crippen LogP contribution in [0.3, 0.4) is 0 Å². The Kier molecular flexibility index (Phi) is 3.58. The number of amides is 1. The van der Waals surface area contributed by atoms with Gasteiger partial charge in [-0.05, 0) is 24.6 Å². The van der Waals surface area contributed by atoms with Crippen LogP contribution < -0.4 is 5.32 Å². The number of aromatic nitrogens is 1. The molecule has 88 valence electrons. The highest BCUT2D eigenvalue weighted by Crippen LogP contribution is 2.20. The van der Waals surface area contributed by atoms with Crippen LogP contribution in [-0.2, 0) is 11.2 Å². The van der Waals surface area contributed by atoms with Crippen molar-refractivity contribution in [1.29, 1.82) is 0 Å². The summed E-state index contributed by atoms with van der Waals surface area (Å²) in [5.74, 6) is -0.116. The molecule has 0 aliphatic heterocycles. The van der Waals surface area contributed by atoms with Gasteiger partial charge >= 0.3 is 0 Å². The third-order valence-corrected chi connectivity index (χ3v) is 3.14. The summed E-state index contributed by atoms with van der Waals surface area (Å²) in [6.07, 6.45) is 1.66. The molecule has 0 spiro atoms. The van der Waals surface area contributed by atoms with Crippen LogP contribution in [0.25, 0.3) is 0 Å². The number of nitrogens with zero attached hydrogens (tertiary/aromatic N) is 1. The third kappa shape index (κ3) is 3.17. The molecule has 0 aliphatic carbocycles. The Bertz CT molecular complexity index is 523. The average Bonchev–Trinajstić information content (AvgIpc) is 2.76. The molecule has 0 unspecified atom stereocenters. The topological polar surface area (TPSA) is 55.1 Å². The number of aryl methyl sites for hydroxylation is 1. The zero-order chi connectivity index (χ0) is 12.3. The van der Waals surface area contributed by atoms with E-state index in [0.717, 1.165) is 15.7 Å². The minimum Gasteiger partial charge on any atom is -0.364 e. The summed E-state index contributed by atoms with van der Waals surface area (Å²) in [6.45, 7) is 1.99. The van der Waals surface area contributed by atoms with E-state index in [2.05, 4.69) is 30.9 Å². The van der Waals surface area contributed by atoms with E-state index in [-0.39, 0.29) is 12.3 Å². The number of carbonyl (C=O) groups excluding carboxylic acids is 1. The van der Waals surface area contributed by atoms with Crippen LogP contribution in [0.2, 0.25) is 0 Å². The highest BCUT2D eigenvalue weighted by Gasteiger charge is 2.07. The predicted octanol–water partition coefficient (Wildman–Crippen LogP) is 2.93. The fourth-order valence-electron chi connectivity index (χ4n) is 1.37. The molecular formula is C12H11BrN2O2. The van der Waals surface area contributed by atoms with E-state index in [4.69, 9.17) is 0 Å². The highest BCUT2D eigenvalue weighted by atomic mass is 79.9. The molecule has 0 saturated carbocycles. The van der Waals surface area contributed by atoms with Crippen LogP contribution in [0.5, 0.6) is 0 Å². The quantitative estimate of drug-likeness (QED) is 0.947. The second-order valence-electron chi connectivity index (χ2n) is 3.68. The summed E-state index contributed by atoms with van der Waals surface area (Å²) in [4.78, 5) is 11.7. The van der Waals surface area contributed by atoms with Crippen molar-refractivity contribution in [3.63, 3.8) is 0 Å². The number of anilines is 1. The molecule has 1 aromatic carbocycles. The average molecular weight is 295 g/mol. The molecule has 1 heterocycles. The van der Waals surface area contributed by atoms with Gasteiger partial charge in [-0.25, -0.2) is 0 Å². The predicted molar refractivity (Wildman–Crippen MR) is 67.7 cm³/mol. The zero-order valence-corrected chi connectivity index (χ0v) is 10.8. The monoisotopic (exact) mass is 294 g/mol. The Hall–Kier alpha value is -1.62. The lowest BCUT2D eigenvalue weighted by atomic mass is 10.2. The molecule has 0 fully saturated rings. The van der Waals surface area contributed by atoms with Crippen molar-refractivity contribution in [3.05, 3.63) is 46.3 Å². The summed E-state index contributed by atoms with van der Waals surface area (Å²) in [7, 11) is 0. The van der Waals surface area contributed by atoms with E-state index in [1.54, 1.807) is 6.07 Å². The first kappa shape index (κ1) is 11.9. The summed E-state index contributed by atoms with van der Waals surface area (Å²) >= 11 is 3.42. The summed E-state index contributed by atoms with van der Waals surface area (Å²) in [5.41, 5.74) is 2.50. The van der Waals surface area contributed by atoms with Crippen molar-refractivity contribution in [2.45, 2.75) is 13.3 Å². The Balaban J connectivity index is 2.00.